The highest BCUT2D eigenvalue weighted by Crippen LogP contribution is 2.05. The largest absolute Gasteiger partial charge is 0.396 e. The smallest absolute Gasteiger partial charge is 0.0431 e. The standard InChI is InChI=1S/C15H28O/c1-2-3-4-5-6-7-8-9-10-11-12-13-14-15-16/h5-8,16H,2-4,9-15H2,1H3/b6-5-,8-7-. The summed E-state index contributed by atoms with van der Waals surface area (Å²) in [6, 6.07) is 0. The molecule has 94 valence electrons. The van der Waals surface area contributed by atoms with E-state index in [1.807, 2.05) is 0 Å². The zero-order valence-corrected chi connectivity index (χ0v) is 10.8. The van der Waals surface area contributed by atoms with Crippen molar-refractivity contribution in [1.82, 2.24) is 0 Å². The number of hydrogen-bond donors (Lipinski definition) is 1. The fourth-order valence-electron chi connectivity index (χ4n) is 1.58. The van der Waals surface area contributed by atoms with Crippen LogP contribution in [0.4, 0.5) is 0 Å². The van der Waals surface area contributed by atoms with Crippen molar-refractivity contribution in [3.63, 3.8) is 0 Å². The van der Waals surface area contributed by atoms with Crippen LogP contribution in [-0.4, -0.2) is 11.7 Å². The molecule has 0 aliphatic rings. The molecule has 0 saturated carbocycles. The third-order valence-corrected chi connectivity index (χ3v) is 2.64. The molecule has 0 aromatic rings. The molecule has 1 N–H and O–H groups in total. The minimum Gasteiger partial charge on any atom is -0.396 e. The average Bonchev–Trinajstić information content (AvgIpc) is 2.31. The van der Waals surface area contributed by atoms with Crippen LogP contribution in [0, 0.1) is 0 Å². The Kier molecular flexibility index (Phi) is 13.9. The van der Waals surface area contributed by atoms with E-state index in [9.17, 15) is 0 Å². The molecule has 0 fully saturated rings. The topological polar surface area (TPSA) is 20.2 Å². The summed E-state index contributed by atoms with van der Waals surface area (Å²) < 4.78 is 0. The first-order chi connectivity index (χ1) is 7.91. The maximum atomic E-state index is 8.61. The lowest BCUT2D eigenvalue weighted by Gasteiger charge is -1.96. The molecule has 0 unspecified atom stereocenters. The summed E-state index contributed by atoms with van der Waals surface area (Å²) in [6.07, 6.45) is 19.8. The van der Waals surface area contributed by atoms with Gasteiger partial charge in [-0.2, -0.15) is 0 Å². The molecule has 0 saturated heterocycles. The summed E-state index contributed by atoms with van der Waals surface area (Å²) in [5.74, 6) is 0. The van der Waals surface area contributed by atoms with Gasteiger partial charge in [0.25, 0.3) is 0 Å². The number of unbranched alkanes of at least 4 members (excludes halogenated alkanes) is 7. The Labute approximate surface area is 101 Å². The van der Waals surface area contributed by atoms with Crippen LogP contribution in [0.25, 0.3) is 0 Å². The zero-order valence-electron chi connectivity index (χ0n) is 10.8. The highest BCUT2D eigenvalue weighted by Gasteiger charge is 1.87. The van der Waals surface area contributed by atoms with Crippen molar-refractivity contribution >= 4 is 0 Å². The van der Waals surface area contributed by atoms with Crippen molar-refractivity contribution in [2.75, 3.05) is 6.61 Å². The van der Waals surface area contributed by atoms with Crippen molar-refractivity contribution in [3.8, 4) is 0 Å². The van der Waals surface area contributed by atoms with Gasteiger partial charge in [-0.1, -0.05) is 63.3 Å². The number of aliphatic hydroxyl groups is 1. The fraction of sp³-hybridized carbons (Fsp3) is 0.733. The molecule has 0 aliphatic carbocycles. The molecule has 0 aromatic carbocycles. The molecule has 0 heterocycles. The van der Waals surface area contributed by atoms with Gasteiger partial charge in [0.05, 0.1) is 0 Å². The van der Waals surface area contributed by atoms with Crippen LogP contribution in [0.3, 0.4) is 0 Å². The third-order valence-electron chi connectivity index (χ3n) is 2.64. The van der Waals surface area contributed by atoms with E-state index in [1.165, 1.54) is 51.4 Å². The van der Waals surface area contributed by atoms with E-state index in [0.717, 1.165) is 6.42 Å². The normalized spacial score (nSPS) is 11.9. The van der Waals surface area contributed by atoms with Crippen LogP contribution in [0.15, 0.2) is 24.3 Å². The molecule has 16 heavy (non-hydrogen) atoms. The minimum atomic E-state index is 0.350. The van der Waals surface area contributed by atoms with E-state index in [2.05, 4.69) is 31.2 Å². The van der Waals surface area contributed by atoms with Crippen molar-refractivity contribution < 1.29 is 5.11 Å². The van der Waals surface area contributed by atoms with Gasteiger partial charge in [0, 0.05) is 6.61 Å². The molecular formula is C15H28O. The fourth-order valence-corrected chi connectivity index (χ4v) is 1.58. The van der Waals surface area contributed by atoms with Crippen molar-refractivity contribution in [2.45, 2.75) is 64.7 Å². The first kappa shape index (κ1) is 15.4. The minimum absolute atomic E-state index is 0.350. The van der Waals surface area contributed by atoms with Gasteiger partial charge in [0.15, 0.2) is 0 Å². The van der Waals surface area contributed by atoms with Gasteiger partial charge >= 0.3 is 0 Å². The lowest BCUT2D eigenvalue weighted by atomic mass is 10.1. The second-order valence-electron chi connectivity index (χ2n) is 4.28. The van der Waals surface area contributed by atoms with E-state index in [4.69, 9.17) is 5.11 Å². The SMILES string of the molecule is CCCC/C=C\C=C/CCCCCCCO. The Morgan fingerprint density at radius 1 is 0.750 bits per heavy atom. The quantitative estimate of drug-likeness (QED) is 0.401. The average molecular weight is 224 g/mol. The van der Waals surface area contributed by atoms with E-state index in [1.54, 1.807) is 0 Å². The summed E-state index contributed by atoms with van der Waals surface area (Å²) in [4.78, 5) is 0. The lowest BCUT2D eigenvalue weighted by molar-refractivity contribution is 0.282. The van der Waals surface area contributed by atoms with Gasteiger partial charge in [0.1, 0.15) is 0 Å². The van der Waals surface area contributed by atoms with Gasteiger partial charge in [-0.15, -0.1) is 0 Å². The van der Waals surface area contributed by atoms with Gasteiger partial charge in [-0.3, -0.25) is 0 Å². The van der Waals surface area contributed by atoms with Crippen LogP contribution in [0.1, 0.15) is 64.7 Å². The number of hydrogen-bond acceptors (Lipinski definition) is 1. The highest BCUT2D eigenvalue weighted by molar-refractivity contribution is 5.02. The molecule has 1 heteroatoms. The van der Waals surface area contributed by atoms with Crippen LogP contribution < -0.4 is 0 Å². The molecule has 0 aromatic heterocycles. The molecule has 0 spiro atoms. The maximum absolute atomic E-state index is 8.61. The Morgan fingerprint density at radius 2 is 1.31 bits per heavy atom. The molecule has 0 bridgehead atoms. The predicted molar refractivity (Wildman–Crippen MR) is 72.6 cm³/mol. The second kappa shape index (κ2) is 14.4. The first-order valence-electron chi connectivity index (χ1n) is 6.84. The van der Waals surface area contributed by atoms with Crippen molar-refractivity contribution in [1.29, 1.82) is 0 Å². The zero-order chi connectivity index (χ0) is 11.9. The summed E-state index contributed by atoms with van der Waals surface area (Å²) in [6.45, 7) is 2.57. The third kappa shape index (κ3) is 13.4. The number of allylic oxidation sites excluding steroid dienone is 4. The molecular weight excluding hydrogens is 196 g/mol. The van der Waals surface area contributed by atoms with Crippen LogP contribution >= 0.6 is 0 Å². The summed E-state index contributed by atoms with van der Waals surface area (Å²) in [5.41, 5.74) is 0. The number of rotatable bonds is 11. The van der Waals surface area contributed by atoms with Gasteiger partial charge in [-0.05, 0) is 25.7 Å². The summed E-state index contributed by atoms with van der Waals surface area (Å²) in [7, 11) is 0. The van der Waals surface area contributed by atoms with Gasteiger partial charge in [-0.25, -0.2) is 0 Å². The van der Waals surface area contributed by atoms with E-state index in [0.29, 0.717) is 6.61 Å². The molecule has 1 nitrogen and oxygen atoms in total. The van der Waals surface area contributed by atoms with E-state index in [-0.39, 0.29) is 0 Å². The molecule has 0 atom stereocenters. The summed E-state index contributed by atoms with van der Waals surface area (Å²) in [5, 5.41) is 8.61. The van der Waals surface area contributed by atoms with Gasteiger partial charge in [0.2, 0.25) is 0 Å². The Morgan fingerprint density at radius 3 is 1.94 bits per heavy atom. The predicted octanol–water partition coefficient (Wildman–Crippen LogP) is 4.62. The van der Waals surface area contributed by atoms with Crippen molar-refractivity contribution in [2.24, 2.45) is 0 Å². The molecule has 0 aliphatic heterocycles. The summed E-state index contributed by atoms with van der Waals surface area (Å²) >= 11 is 0. The van der Waals surface area contributed by atoms with Crippen molar-refractivity contribution in [3.05, 3.63) is 24.3 Å². The Bertz CT molecular complexity index is 170. The van der Waals surface area contributed by atoms with Crippen LogP contribution in [0.2, 0.25) is 0 Å². The second-order valence-corrected chi connectivity index (χ2v) is 4.28. The Hall–Kier alpha value is -0.560. The number of aliphatic hydroxyl groups excluding tert-OH is 1. The molecule has 0 amide bonds. The highest BCUT2D eigenvalue weighted by atomic mass is 16.2. The lowest BCUT2D eigenvalue weighted by Crippen LogP contribution is -1.82. The first-order valence-corrected chi connectivity index (χ1v) is 6.84. The van der Waals surface area contributed by atoms with Gasteiger partial charge < -0.3 is 5.11 Å². The van der Waals surface area contributed by atoms with E-state index < -0.39 is 0 Å². The monoisotopic (exact) mass is 224 g/mol. The molecule has 0 rings (SSSR count). The van der Waals surface area contributed by atoms with E-state index >= 15 is 0 Å². The van der Waals surface area contributed by atoms with Crippen LogP contribution in [0.5, 0.6) is 0 Å². The Balaban J connectivity index is 3.12. The maximum Gasteiger partial charge on any atom is 0.0431 e. The molecule has 0 radical (unpaired) electrons. The van der Waals surface area contributed by atoms with Crippen LogP contribution in [-0.2, 0) is 0 Å².